The number of anilines is 1. The first kappa shape index (κ1) is 14.9. The summed E-state index contributed by atoms with van der Waals surface area (Å²) in [4.78, 5) is 13.9. The topological polar surface area (TPSA) is 44.4 Å². The predicted octanol–water partition coefficient (Wildman–Crippen LogP) is 1.54. The number of carbonyl (C=O) groups excluding carboxylic acids is 1. The van der Waals surface area contributed by atoms with Crippen LogP contribution < -0.4 is 15.5 Å². The number of likely N-dealkylation sites (N-methyl/N-ethyl adjacent to an activating group) is 1. The standard InChI is InChI=1S/C16H25N3O/c1-12(2)9-18-16(20)11-17-10-13-4-5-15-14(8-13)6-7-19(15)3/h4-5,8,12,17H,6-7,9-11H2,1-3H3,(H,18,20). The van der Waals surface area contributed by atoms with Gasteiger partial charge >= 0.3 is 0 Å². The zero-order valence-electron chi connectivity index (χ0n) is 12.7. The monoisotopic (exact) mass is 275 g/mol. The van der Waals surface area contributed by atoms with Gasteiger partial charge in [-0.15, -0.1) is 0 Å². The van der Waals surface area contributed by atoms with Gasteiger partial charge in [0.2, 0.25) is 5.91 Å². The summed E-state index contributed by atoms with van der Waals surface area (Å²) in [5.74, 6) is 0.562. The van der Waals surface area contributed by atoms with Gasteiger partial charge in [0.1, 0.15) is 0 Å². The zero-order chi connectivity index (χ0) is 14.5. The van der Waals surface area contributed by atoms with E-state index < -0.39 is 0 Å². The molecule has 0 atom stereocenters. The van der Waals surface area contributed by atoms with Crippen LogP contribution >= 0.6 is 0 Å². The van der Waals surface area contributed by atoms with Crippen molar-refractivity contribution in [3.05, 3.63) is 29.3 Å². The van der Waals surface area contributed by atoms with Crippen molar-refractivity contribution in [2.24, 2.45) is 5.92 Å². The highest BCUT2D eigenvalue weighted by atomic mass is 16.1. The van der Waals surface area contributed by atoms with Gasteiger partial charge in [0.05, 0.1) is 6.54 Å². The van der Waals surface area contributed by atoms with Gasteiger partial charge in [0.15, 0.2) is 0 Å². The van der Waals surface area contributed by atoms with Crippen LogP contribution in [0.1, 0.15) is 25.0 Å². The highest BCUT2D eigenvalue weighted by Gasteiger charge is 2.15. The Morgan fingerprint density at radius 1 is 1.40 bits per heavy atom. The van der Waals surface area contributed by atoms with Crippen LogP contribution in [-0.2, 0) is 17.8 Å². The Balaban J connectivity index is 1.76. The van der Waals surface area contributed by atoms with Crippen molar-refractivity contribution in [1.82, 2.24) is 10.6 Å². The molecular weight excluding hydrogens is 250 g/mol. The fraction of sp³-hybridized carbons (Fsp3) is 0.562. The van der Waals surface area contributed by atoms with Crippen LogP contribution in [0.3, 0.4) is 0 Å². The van der Waals surface area contributed by atoms with E-state index >= 15 is 0 Å². The van der Waals surface area contributed by atoms with E-state index in [-0.39, 0.29) is 5.91 Å². The Labute approximate surface area is 121 Å². The molecule has 2 N–H and O–H groups in total. The minimum absolute atomic E-state index is 0.0691. The lowest BCUT2D eigenvalue weighted by atomic mass is 10.1. The molecule has 110 valence electrons. The minimum Gasteiger partial charge on any atom is -0.374 e. The normalized spacial score (nSPS) is 13.7. The number of fused-ring (bicyclic) bond motifs is 1. The van der Waals surface area contributed by atoms with E-state index in [9.17, 15) is 4.79 Å². The molecule has 0 fully saturated rings. The molecule has 0 unspecified atom stereocenters. The lowest BCUT2D eigenvalue weighted by Gasteiger charge is -2.12. The molecule has 0 aromatic heterocycles. The maximum absolute atomic E-state index is 11.6. The highest BCUT2D eigenvalue weighted by molar-refractivity contribution is 5.77. The maximum Gasteiger partial charge on any atom is 0.233 e. The maximum atomic E-state index is 11.6. The molecule has 2 rings (SSSR count). The van der Waals surface area contributed by atoms with Crippen LogP contribution in [0.15, 0.2) is 18.2 Å². The third kappa shape index (κ3) is 3.97. The van der Waals surface area contributed by atoms with Crippen molar-refractivity contribution in [3.63, 3.8) is 0 Å². The van der Waals surface area contributed by atoms with Crippen LogP contribution in [0.2, 0.25) is 0 Å². The average molecular weight is 275 g/mol. The molecule has 1 amide bonds. The van der Waals surface area contributed by atoms with E-state index in [1.165, 1.54) is 16.8 Å². The Morgan fingerprint density at radius 2 is 2.20 bits per heavy atom. The third-order valence-corrected chi connectivity index (χ3v) is 3.59. The molecule has 0 saturated carbocycles. The van der Waals surface area contributed by atoms with E-state index in [1.807, 2.05) is 0 Å². The molecule has 1 aromatic carbocycles. The molecular formula is C16H25N3O. The van der Waals surface area contributed by atoms with Crippen LogP contribution in [0, 0.1) is 5.92 Å². The molecule has 4 heteroatoms. The largest absolute Gasteiger partial charge is 0.374 e. The number of nitrogens with one attached hydrogen (secondary N) is 2. The van der Waals surface area contributed by atoms with Crippen molar-refractivity contribution in [1.29, 1.82) is 0 Å². The lowest BCUT2D eigenvalue weighted by molar-refractivity contribution is -0.120. The molecule has 20 heavy (non-hydrogen) atoms. The number of rotatable bonds is 6. The Bertz CT molecular complexity index is 471. The van der Waals surface area contributed by atoms with Crippen LogP contribution in [-0.4, -0.2) is 32.6 Å². The van der Waals surface area contributed by atoms with E-state index in [4.69, 9.17) is 0 Å². The molecule has 0 aliphatic carbocycles. The van der Waals surface area contributed by atoms with Gasteiger partial charge in [-0.1, -0.05) is 26.0 Å². The molecule has 1 heterocycles. The van der Waals surface area contributed by atoms with Gasteiger partial charge in [-0.05, 0) is 29.5 Å². The first-order valence-electron chi connectivity index (χ1n) is 7.36. The summed E-state index contributed by atoms with van der Waals surface area (Å²) in [6, 6.07) is 6.57. The van der Waals surface area contributed by atoms with E-state index in [2.05, 4.69) is 54.6 Å². The Hall–Kier alpha value is -1.55. The first-order valence-corrected chi connectivity index (χ1v) is 7.36. The molecule has 4 nitrogen and oxygen atoms in total. The van der Waals surface area contributed by atoms with E-state index in [0.29, 0.717) is 12.5 Å². The number of hydrogen-bond donors (Lipinski definition) is 2. The highest BCUT2D eigenvalue weighted by Crippen LogP contribution is 2.27. The van der Waals surface area contributed by atoms with Crippen LogP contribution in [0.25, 0.3) is 0 Å². The Kier molecular flexibility index (Phi) is 5.01. The van der Waals surface area contributed by atoms with Crippen molar-refractivity contribution in [2.45, 2.75) is 26.8 Å². The SMILES string of the molecule is CC(C)CNC(=O)CNCc1ccc2c(c1)CCN2C. The summed E-state index contributed by atoms with van der Waals surface area (Å²) < 4.78 is 0. The second-order valence-electron chi connectivity index (χ2n) is 5.94. The number of nitrogens with zero attached hydrogens (tertiary/aromatic N) is 1. The molecule has 0 saturated heterocycles. The summed E-state index contributed by atoms with van der Waals surface area (Å²) >= 11 is 0. The van der Waals surface area contributed by atoms with Gasteiger partial charge in [0, 0.05) is 32.4 Å². The lowest BCUT2D eigenvalue weighted by Crippen LogP contribution is -2.35. The minimum atomic E-state index is 0.0691. The first-order chi connectivity index (χ1) is 9.56. The molecule has 1 aliphatic rings. The number of hydrogen-bond acceptors (Lipinski definition) is 3. The quantitative estimate of drug-likeness (QED) is 0.828. The van der Waals surface area contributed by atoms with E-state index in [0.717, 1.165) is 26.1 Å². The van der Waals surface area contributed by atoms with E-state index in [1.54, 1.807) is 0 Å². The number of carbonyl (C=O) groups is 1. The number of benzene rings is 1. The van der Waals surface area contributed by atoms with Gasteiger partial charge in [-0.2, -0.15) is 0 Å². The van der Waals surface area contributed by atoms with Crippen molar-refractivity contribution in [2.75, 3.05) is 31.6 Å². The van der Waals surface area contributed by atoms with Crippen molar-refractivity contribution in [3.8, 4) is 0 Å². The van der Waals surface area contributed by atoms with Gasteiger partial charge in [-0.3, -0.25) is 4.79 Å². The molecule has 0 radical (unpaired) electrons. The fourth-order valence-electron chi connectivity index (χ4n) is 2.43. The smallest absolute Gasteiger partial charge is 0.233 e. The second kappa shape index (κ2) is 6.75. The summed E-state index contributed by atoms with van der Waals surface area (Å²) in [6.07, 6.45) is 1.12. The zero-order valence-corrected chi connectivity index (χ0v) is 12.7. The summed E-state index contributed by atoms with van der Waals surface area (Å²) in [6.45, 7) is 7.15. The van der Waals surface area contributed by atoms with Gasteiger partial charge in [0.25, 0.3) is 0 Å². The molecule has 0 spiro atoms. The summed E-state index contributed by atoms with van der Waals surface area (Å²) in [5.41, 5.74) is 4.00. The van der Waals surface area contributed by atoms with Crippen LogP contribution in [0.5, 0.6) is 0 Å². The molecule has 0 bridgehead atoms. The molecule has 1 aliphatic heterocycles. The van der Waals surface area contributed by atoms with Gasteiger partial charge < -0.3 is 15.5 Å². The van der Waals surface area contributed by atoms with Crippen LogP contribution in [0.4, 0.5) is 5.69 Å². The van der Waals surface area contributed by atoms with Crippen molar-refractivity contribution >= 4 is 11.6 Å². The van der Waals surface area contributed by atoms with Gasteiger partial charge in [-0.25, -0.2) is 0 Å². The summed E-state index contributed by atoms with van der Waals surface area (Å²) in [5, 5.41) is 6.11. The fourth-order valence-corrected chi connectivity index (χ4v) is 2.43. The van der Waals surface area contributed by atoms with Crippen molar-refractivity contribution < 1.29 is 4.79 Å². The predicted molar refractivity (Wildman–Crippen MR) is 83.0 cm³/mol. The molecule has 1 aromatic rings. The third-order valence-electron chi connectivity index (χ3n) is 3.59. The summed E-state index contributed by atoms with van der Waals surface area (Å²) in [7, 11) is 2.13. The average Bonchev–Trinajstić information content (AvgIpc) is 2.78. The Morgan fingerprint density at radius 3 is 2.95 bits per heavy atom. The second-order valence-corrected chi connectivity index (χ2v) is 5.94. The number of amides is 1.